The maximum atomic E-state index is 11.5. The molecule has 0 fully saturated rings. The molecule has 3 aromatic rings. The van der Waals surface area contributed by atoms with E-state index in [-0.39, 0.29) is 0 Å². The van der Waals surface area contributed by atoms with E-state index < -0.39 is 11.1 Å². The molecule has 4 heteroatoms. The summed E-state index contributed by atoms with van der Waals surface area (Å²) in [5.41, 5.74) is 3.81. The maximum absolute atomic E-state index is 11.5. The third kappa shape index (κ3) is 1.99. The predicted molar refractivity (Wildman–Crippen MR) is 77.5 cm³/mol. The van der Waals surface area contributed by atoms with E-state index in [0.717, 1.165) is 27.6 Å². The van der Waals surface area contributed by atoms with Crippen LogP contribution in [0.2, 0.25) is 0 Å². The fourth-order valence-corrected chi connectivity index (χ4v) is 3.05. The molecule has 2 N–H and O–H groups in total. The van der Waals surface area contributed by atoms with Crippen molar-refractivity contribution in [1.29, 1.82) is 0 Å². The minimum atomic E-state index is -1.99. The van der Waals surface area contributed by atoms with Crippen molar-refractivity contribution in [2.75, 3.05) is 0 Å². The highest BCUT2D eigenvalue weighted by molar-refractivity contribution is 7.79. The highest BCUT2D eigenvalue weighted by Gasteiger charge is 2.15. The minimum absolute atomic E-state index is 0.449. The Morgan fingerprint density at radius 1 is 1.11 bits per heavy atom. The zero-order valence-corrected chi connectivity index (χ0v) is 11.2. The molecule has 0 bridgehead atoms. The van der Waals surface area contributed by atoms with E-state index in [1.165, 1.54) is 0 Å². The SMILES string of the molecule is Cc1cccc(S(=O)O)c1-c1c[nH]c2ccccc12. The monoisotopic (exact) mass is 271 g/mol. The summed E-state index contributed by atoms with van der Waals surface area (Å²) in [5.74, 6) is 0. The number of H-pyrrole nitrogens is 1. The number of fused-ring (bicyclic) bond motifs is 1. The molecule has 3 nitrogen and oxygen atoms in total. The number of hydrogen-bond donors (Lipinski definition) is 2. The largest absolute Gasteiger partial charge is 0.361 e. The quantitative estimate of drug-likeness (QED) is 0.698. The Bertz CT molecular complexity index is 777. The van der Waals surface area contributed by atoms with Gasteiger partial charge in [0.05, 0.1) is 4.90 Å². The Labute approximate surface area is 113 Å². The van der Waals surface area contributed by atoms with Crippen LogP contribution in [0.3, 0.4) is 0 Å². The fourth-order valence-electron chi connectivity index (χ4n) is 2.41. The van der Waals surface area contributed by atoms with Gasteiger partial charge in [0.25, 0.3) is 0 Å². The van der Waals surface area contributed by atoms with Crippen molar-refractivity contribution >= 4 is 22.0 Å². The average molecular weight is 271 g/mol. The van der Waals surface area contributed by atoms with Gasteiger partial charge in [0.2, 0.25) is 0 Å². The molecular formula is C15H13NO2S. The molecule has 0 spiro atoms. The van der Waals surface area contributed by atoms with E-state index in [2.05, 4.69) is 4.98 Å². The summed E-state index contributed by atoms with van der Waals surface area (Å²) in [4.78, 5) is 3.65. The molecule has 1 atom stereocenters. The second-order valence-electron chi connectivity index (χ2n) is 4.45. The molecule has 1 aromatic heterocycles. The Morgan fingerprint density at radius 3 is 2.68 bits per heavy atom. The van der Waals surface area contributed by atoms with Crippen molar-refractivity contribution in [2.24, 2.45) is 0 Å². The van der Waals surface area contributed by atoms with E-state index in [1.807, 2.05) is 43.5 Å². The third-order valence-corrected chi connectivity index (χ3v) is 4.00. The number of para-hydroxylation sites is 1. The number of benzene rings is 2. The van der Waals surface area contributed by atoms with Gasteiger partial charge in [-0.3, -0.25) is 0 Å². The molecule has 0 saturated heterocycles. The van der Waals surface area contributed by atoms with E-state index in [4.69, 9.17) is 0 Å². The Morgan fingerprint density at radius 2 is 1.89 bits per heavy atom. The van der Waals surface area contributed by atoms with Gasteiger partial charge in [0, 0.05) is 28.2 Å². The zero-order valence-electron chi connectivity index (χ0n) is 10.4. The minimum Gasteiger partial charge on any atom is -0.361 e. The van der Waals surface area contributed by atoms with Crippen molar-refractivity contribution in [2.45, 2.75) is 11.8 Å². The number of aryl methyl sites for hydroxylation is 1. The predicted octanol–water partition coefficient (Wildman–Crippen LogP) is 3.72. The summed E-state index contributed by atoms with van der Waals surface area (Å²) >= 11 is -1.99. The molecule has 1 unspecified atom stereocenters. The van der Waals surface area contributed by atoms with E-state index in [0.29, 0.717) is 4.90 Å². The molecule has 96 valence electrons. The summed E-state index contributed by atoms with van der Waals surface area (Å²) in [5, 5.41) is 1.06. The van der Waals surface area contributed by atoms with Crippen LogP contribution in [-0.4, -0.2) is 13.7 Å². The van der Waals surface area contributed by atoms with E-state index in [9.17, 15) is 8.76 Å². The summed E-state index contributed by atoms with van der Waals surface area (Å²) in [6.07, 6.45) is 1.89. The van der Waals surface area contributed by atoms with Gasteiger partial charge in [0.1, 0.15) is 0 Å². The molecule has 0 aliphatic heterocycles. The van der Waals surface area contributed by atoms with Crippen molar-refractivity contribution in [3.05, 3.63) is 54.2 Å². The second kappa shape index (κ2) is 4.64. The standard InChI is InChI=1S/C15H13NO2S/c1-10-5-4-8-14(19(17)18)15(10)12-9-16-13-7-3-2-6-11(12)13/h2-9,16H,1H3,(H,17,18). The van der Waals surface area contributed by atoms with Crippen LogP contribution < -0.4 is 0 Å². The van der Waals surface area contributed by atoms with Gasteiger partial charge in [-0.05, 0) is 24.6 Å². The van der Waals surface area contributed by atoms with Gasteiger partial charge in [0.15, 0.2) is 11.1 Å². The van der Waals surface area contributed by atoms with E-state index >= 15 is 0 Å². The molecule has 0 aliphatic rings. The normalized spacial score (nSPS) is 12.7. The molecule has 2 aromatic carbocycles. The molecule has 1 heterocycles. The van der Waals surface area contributed by atoms with Crippen LogP contribution in [0.15, 0.2) is 53.6 Å². The lowest BCUT2D eigenvalue weighted by molar-refractivity contribution is 0.564. The van der Waals surface area contributed by atoms with Gasteiger partial charge in [-0.2, -0.15) is 0 Å². The summed E-state index contributed by atoms with van der Waals surface area (Å²) in [7, 11) is 0. The molecule has 0 amide bonds. The first-order chi connectivity index (χ1) is 9.18. The summed E-state index contributed by atoms with van der Waals surface area (Å²) in [6, 6.07) is 13.4. The molecule has 3 rings (SSSR count). The average Bonchev–Trinajstić information content (AvgIpc) is 2.82. The number of rotatable bonds is 2. The topological polar surface area (TPSA) is 53.1 Å². The lowest BCUT2D eigenvalue weighted by Gasteiger charge is -2.09. The number of hydrogen-bond acceptors (Lipinski definition) is 1. The lowest BCUT2D eigenvalue weighted by atomic mass is 10.00. The molecule has 0 saturated carbocycles. The molecular weight excluding hydrogens is 258 g/mol. The lowest BCUT2D eigenvalue weighted by Crippen LogP contribution is -1.94. The first-order valence-corrected chi connectivity index (χ1v) is 7.06. The van der Waals surface area contributed by atoms with Gasteiger partial charge in [-0.15, -0.1) is 0 Å². The second-order valence-corrected chi connectivity index (χ2v) is 5.38. The zero-order chi connectivity index (χ0) is 13.4. The third-order valence-electron chi connectivity index (χ3n) is 3.28. The smallest absolute Gasteiger partial charge is 0.187 e. The highest BCUT2D eigenvalue weighted by atomic mass is 32.2. The first-order valence-electron chi connectivity index (χ1n) is 5.95. The van der Waals surface area contributed by atoms with Gasteiger partial charge in [-0.1, -0.05) is 30.3 Å². The molecule has 0 aliphatic carbocycles. The van der Waals surface area contributed by atoms with Gasteiger partial charge >= 0.3 is 0 Å². The molecule has 19 heavy (non-hydrogen) atoms. The summed E-state index contributed by atoms with van der Waals surface area (Å²) < 4.78 is 21.0. The van der Waals surface area contributed by atoms with Crippen LogP contribution in [-0.2, 0) is 11.1 Å². The van der Waals surface area contributed by atoms with Crippen LogP contribution in [0.1, 0.15) is 5.56 Å². The number of aromatic nitrogens is 1. The van der Waals surface area contributed by atoms with Crippen molar-refractivity contribution < 1.29 is 8.76 Å². The fraction of sp³-hybridized carbons (Fsp3) is 0.0667. The van der Waals surface area contributed by atoms with Crippen LogP contribution in [0, 0.1) is 6.92 Å². The van der Waals surface area contributed by atoms with Crippen LogP contribution in [0.4, 0.5) is 0 Å². The summed E-state index contributed by atoms with van der Waals surface area (Å²) in [6.45, 7) is 1.95. The van der Waals surface area contributed by atoms with Crippen LogP contribution in [0.25, 0.3) is 22.0 Å². The van der Waals surface area contributed by atoms with Crippen molar-refractivity contribution in [3.63, 3.8) is 0 Å². The van der Waals surface area contributed by atoms with Crippen molar-refractivity contribution in [1.82, 2.24) is 4.98 Å². The number of aromatic amines is 1. The Hall–Kier alpha value is -1.91. The van der Waals surface area contributed by atoms with Crippen LogP contribution >= 0.6 is 0 Å². The van der Waals surface area contributed by atoms with Gasteiger partial charge in [-0.25, -0.2) is 4.21 Å². The number of nitrogens with one attached hydrogen (secondary N) is 1. The Balaban J connectivity index is 2.36. The highest BCUT2D eigenvalue weighted by Crippen LogP contribution is 2.34. The van der Waals surface area contributed by atoms with E-state index in [1.54, 1.807) is 12.1 Å². The van der Waals surface area contributed by atoms with Crippen molar-refractivity contribution in [3.8, 4) is 11.1 Å². The maximum Gasteiger partial charge on any atom is 0.187 e. The Kier molecular flexibility index (Phi) is 2.97. The molecule has 0 radical (unpaired) electrons. The van der Waals surface area contributed by atoms with Crippen LogP contribution in [0.5, 0.6) is 0 Å². The van der Waals surface area contributed by atoms with Gasteiger partial charge < -0.3 is 9.54 Å². The first kappa shape index (κ1) is 12.1.